The van der Waals surface area contributed by atoms with Crippen molar-refractivity contribution < 1.29 is 19.2 Å². The molecule has 0 unspecified atom stereocenters. The zero-order valence-corrected chi connectivity index (χ0v) is 14.3. The van der Waals surface area contributed by atoms with Gasteiger partial charge in [-0.25, -0.2) is 0 Å². The van der Waals surface area contributed by atoms with Gasteiger partial charge < -0.3 is 9.59 Å². The monoisotopic (exact) mass is 312 g/mol. The lowest BCUT2D eigenvalue weighted by Gasteiger charge is -1.95. The van der Waals surface area contributed by atoms with E-state index in [-0.39, 0.29) is 24.4 Å². The summed E-state index contributed by atoms with van der Waals surface area (Å²) in [7, 11) is 0. The van der Waals surface area contributed by atoms with Crippen molar-refractivity contribution in [2.45, 2.75) is 90.9 Å². The van der Waals surface area contributed by atoms with Gasteiger partial charge in [-0.15, -0.1) is 0 Å². The number of hydrogen-bond donors (Lipinski definition) is 0. The minimum Gasteiger partial charge on any atom is -0.303 e. The second-order valence-electron chi connectivity index (χ2n) is 5.44. The first kappa shape index (κ1) is 23.0. The molecule has 0 aromatic carbocycles. The highest BCUT2D eigenvalue weighted by Gasteiger charge is 1.99. The van der Waals surface area contributed by atoms with Gasteiger partial charge in [-0.2, -0.15) is 0 Å². The van der Waals surface area contributed by atoms with Crippen molar-refractivity contribution in [3.8, 4) is 0 Å². The van der Waals surface area contributed by atoms with E-state index < -0.39 is 0 Å². The molecule has 4 nitrogen and oxygen atoms in total. The number of aldehydes is 2. The molecule has 0 aromatic rings. The Hall–Kier alpha value is -1.32. The van der Waals surface area contributed by atoms with Crippen LogP contribution >= 0.6 is 0 Å². The van der Waals surface area contributed by atoms with Gasteiger partial charge in [-0.1, -0.05) is 52.4 Å². The van der Waals surface area contributed by atoms with E-state index in [1.165, 1.54) is 25.7 Å². The summed E-state index contributed by atoms with van der Waals surface area (Å²) >= 11 is 0. The molecule has 0 heterocycles. The van der Waals surface area contributed by atoms with Crippen LogP contribution in [0.2, 0.25) is 0 Å². The zero-order chi connectivity index (χ0) is 17.1. The van der Waals surface area contributed by atoms with E-state index in [9.17, 15) is 19.2 Å². The first-order valence-electron chi connectivity index (χ1n) is 8.52. The second-order valence-corrected chi connectivity index (χ2v) is 5.44. The van der Waals surface area contributed by atoms with Crippen LogP contribution in [0.5, 0.6) is 0 Å². The van der Waals surface area contributed by atoms with Crippen LogP contribution in [-0.2, 0) is 19.2 Å². The highest BCUT2D eigenvalue weighted by Crippen LogP contribution is 2.04. The Kier molecular flexibility index (Phi) is 20.5. The van der Waals surface area contributed by atoms with Crippen LogP contribution < -0.4 is 0 Å². The van der Waals surface area contributed by atoms with E-state index >= 15 is 0 Å². The molecule has 0 spiro atoms. The Balaban J connectivity index is 0. The molecule has 22 heavy (non-hydrogen) atoms. The molecule has 0 rings (SSSR count). The number of unbranched alkanes of at least 4 members (excludes halogenated alkanes) is 6. The van der Waals surface area contributed by atoms with Gasteiger partial charge in [0.05, 0.1) is 12.8 Å². The Labute approximate surface area is 135 Å². The van der Waals surface area contributed by atoms with E-state index in [4.69, 9.17) is 0 Å². The summed E-state index contributed by atoms with van der Waals surface area (Å²) in [5.41, 5.74) is 0. The molecule has 0 aliphatic rings. The standard InChI is InChI=1S/2C9H16O2/c2*1-2-3-4-5-6-9(11)7-8-10/h2*8H,2-7H2,1H3. The molecule has 0 bridgehead atoms. The molecule has 0 atom stereocenters. The average molecular weight is 312 g/mol. The van der Waals surface area contributed by atoms with Crippen LogP contribution in [0.3, 0.4) is 0 Å². The van der Waals surface area contributed by atoms with Gasteiger partial charge >= 0.3 is 0 Å². The molecular formula is C18H32O4. The van der Waals surface area contributed by atoms with Crippen molar-refractivity contribution in [1.29, 1.82) is 0 Å². The maximum Gasteiger partial charge on any atom is 0.139 e. The van der Waals surface area contributed by atoms with E-state index in [1.807, 2.05) is 0 Å². The summed E-state index contributed by atoms with van der Waals surface area (Å²) in [5.74, 6) is 0.159. The third-order valence-electron chi connectivity index (χ3n) is 3.24. The molecule has 0 N–H and O–H groups in total. The molecule has 0 aromatic heterocycles. The van der Waals surface area contributed by atoms with Crippen molar-refractivity contribution in [2.24, 2.45) is 0 Å². The highest BCUT2D eigenvalue weighted by atomic mass is 16.1. The van der Waals surface area contributed by atoms with Crippen LogP contribution in [-0.4, -0.2) is 24.1 Å². The van der Waals surface area contributed by atoms with Gasteiger partial charge in [0.1, 0.15) is 24.1 Å². The van der Waals surface area contributed by atoms with E-state index in [0.717, 1.165) is 25.7 Å². The summed E-state index contributed by atoms with van der Waals surface area (Å²) in [4.78, 5) is 41.3. The van der Waals surface area contributed by atoms with E-state index in [0.29, 0.717) is 25.4 Å². The van der Waals surface area contributed by atoms with Gasteiger partial charge in [0.15, 0.2) is 0 Å². The van der Waals surface area contributed by atoms with Crippen LogP contribution in [0.25, 0.3) is 0 Å². The van der Waals surface area contributed by atoms with Gasteiger partial charge in [-0.3, -0.25) is 9.59 Å². The van der Waals surface area contributed by atoms with Crippen molar-refractivity contribution >= 4 is 24.1 Å². The van der Waals surface area contributed by atoms with E-state index in [1.54, 1.807) is 0 Å². The minimum absolute atomic E-state index is 0.0797. The Morgan fingerprint density at radius 2 is 1.00 bits per heavy atom. The van der Waals surface area contributed by atoms with Crippen LogP contribution in [0, 0.1) is 0 Å². The summed E-state index contributed by atoms with van der Waals surface area (Å²) in [6.07, 6.45) is 11.6. The number of hydrogen-bond acceptors (Lipinski definition) is 4. The predicted molar refractivity (Wildman–Crippen MR) is 88.9 cm³/mol. The Morgan fingerprint density at radius 1 is 0.636 bits per heavy atom. The normalized spacial score (nSPS) is 9.55. The minimum atomic E-state index is 0.0797. The van der Waals surface area contributed by atoms with Gasteiger partial charge in [0, 0.05) is 12.8 Å². The van der Waals surface area contributed by atoms with Crippen molar-refractivity contribution in [1.82, 2.24) is 0 Å². The van der Waals surface area contributed by atoms with Crippen LogP contribution in [0.4, 0.5) is 0 Å². The third-order valence-corrected chi connectivity index (χ3v) is 3.24. The molecule has 0 amide bonds. The van der Waals surface area contributed by atoms with Gasteiger partial charge in [-0.05, 0) is 12.8 Å². The lowest BCUT2D eigenvalue weighted by atomic mass is 10.1. The number of rotatable bonds is 14. The van der Waals surface area contributed by atoms with Crippen molar-refractivity contribution in [2.75, 3.05) is 0 Å². The number of carbonyl (C=O) groups excluding carboxylic acids is 4. The fourth-order valence-electron chi connectivity index (χ4n) is 1.89. The first-order valence-corrected chi connectivity index (χ1v) is 8.52. The predicted octanol–water partition coefficient (Wildman–Crippen LogP) is 4.23. The zero-order valence-electron chi connectivity index (χ0n) is 14.3. The maximum atomic E-state index is 10.8. The number of carbonyl (C=O) groups is 4. The molecule has 128 valence electrons. The first-order chi connectivity index (χ1) is 10.6. The van der Waals surface area contributed by atoms with Crippen LogP contribution in [0.15, 0.2) is 0 Å². The molecule has 0 radical (unpaired) electrons. The summed E-state index contributed by atoms with van der Waals surface area (Å²) in [6.45, 7) is 4.26. The highest BCUT2D eigenvalue weighted by molar-refractivity contribution is 5.89. The van der Waals surface area contributed by atoms with Crippen LogP contribution in [0.1, 0.15) is 90.9 Å². The largest absolute Gasteiger partial charge is 0.303 e. The number of ketones is 2. The fourth-order valence-corrected chi connectivity index (χ4v) is 1.89. The molecule has 4 heteroatoms. The average Bonchev–Trinajstić information content (AvgIpc) is 2.49. The fraction of sp³-hybridized carbons (Fsp3) is 0.778. The number of Topliss-reactive ketones (excluding diaryl/α,β-unsaturated/α-hetero) is 2. The topological polar surface area (TPSA) is 68.3 Å². The third kappa shape index (κ3) is 21.0. The lowest BCUT2D eigenvalue weighted by molar-refractivity contribution is -0.123. The quantitative estimate of drug-likeness (QED) is 0.273. The molecule has 0 aliphatic heterocycles. The summed E-state index contributed by atoms with van der Waals surface area (Å²) in [6, 6.07) is 0. The molecular weight excluding hydrogens is 280 g/mol. The Bertz CT molecular complexity index is 267. The second kappa shape index (κ2) is 19.7. The summed E-state index contributed by atoms with van der Waals surface area (Å²) < 4.78 is 0. The lowest BCUT2D eigenvalue weighted by Crippen LogP contribution is -1.97. The molecule has 0 fully saturated rings. The van der Waals surface area contributed by atoms with Crippen molar-refractivity contribution in [3.63, 3.8) is 0 Å². The smallest absolute Gasteiger partial charge is 0.139 e. The maximum absolute atomic E-state index is 10.8. The van der Waals surface area contributed by atoms with Gasteiger partial charge in [0.2, 0.25) is 0 Å². The molecule has 0 aliphatic carbocycles. The SMILES string of the molecule is CCCCCCC(=O)CC=O.CCCCCCC(=O)CC=O. The van der Waals surface area contributed by atoms with E-state index in [2.05, 4.69) is 13.8 Å². The summed E-state index contributed by atoms with van der Waals surface area (Å²) in [5, 5.41) is 0. The van der Waals surface area contributed by atoms with Crippen molar-refractivity contribution in [3.05, 3.63) is 0 Å². The molecule has 0 saturated heterocycles. The van der Waals surface area contributed by atoms with Gasteiger partial charge in [0.25, 0.3) is 0 Å². The Morgan fingerprint density at radius 3 is 1.27 bits per heavy atom. The molecule has 0 saturated carbocycles.